The van der Waals surface area contributed by atoms with Gasteiger partial charge in [0.2, 0.25) is 0 Å². The molecule has 0 spiro atoms. The minimum atomic E-state index is 0.126. The Morgan fingerprint density at radius 1 is 1.44 bits per heavy atom. The molecule has 0 bridgehead atoms. The van der Waals surface area contributed by atoms with E-state index in [0.717, 1.165) is 29.4 Å². The first kappa shape index (κ1) is 11.3. The van der Waals surface area contributed by atoms with E-state index < -0.39 is 0 Å². The predicted octanol–water partition coefficient (Wildman–Crippen LogP) is 2.52. The molecule has 0 saturated carbocycles. The topological polar surface area (TPSA) is 51.2 Å². The molecule has 0 atom stereocenters. The van der Waals surface area contributed by atoms with Gasteiger partial charge in [-0.25, -0.2) is 0 Å². The van der Waals surface area contributed by atoms with Gasteiger partial charge < -0.3 is 15.4 Å². The summed E-state index contributed by atoms with van der Waals surface area (Å²) in [6.45, 7) is 3.53. The van der Waals surface area contributed by atoms with Gasteiger partial charge in [0.15, 0.2) is 0 Å². The molecule has 1 aromatic heterocycles. The van der Waals surface area contributed by atoms with Crippen molar-refractivity contribution in [2.45, 2.75) is 19.9 Å². The Labute approximate surface area is 99.4 Å². The second kappa shape index (κ2) is 4.36. The summed E-state index contributed by atoms with van der Waals surface area (Å²) in [4.78, 5) is 0. The van der Waals surface area contributed by atoms with Crippen LogP contribution in [0.5, 0.6) is 5.75 Å². The predicted molar refractivity (Wildman–Crippen MR) is 67.0 cm³/mol. The van der Waals surface area contributed by atoms with Gasteiger partial charge in [-0.3, -0.25) is 0 Å². The highest BCUT2D eigenvalue weighted by molar-refractivity contribution is 6.37. The molecule has 16 heavy (non-hydrogen) atoms. The van der Waals surface area contributed by atoms with Crippen LogP contribution in [-0.4, -0.2) is 16.2 Å². The second-order valence-electron chi connectivity index (χ2n) is 3.77. The number of halogens is 1. The first-order chi connectivity index (χ1) is 7.69. The number of aromatic hydroxyl groups is 1. The van der Waals surface area contributed by atoms with E-state index in [1.807, 2.05) is 6.07 Å². The number of aryl methyl sites for hydroxylation is 1. The Morgan fingerprint density at radius 2 is 2.19 bits per heavy atom. The molecule has 86 valence electrons. The van der Waals surface area contributed by atoms with Gasteiger partial charge in [-0.1, -0.05) is 11.6 Å². The number of hydrogen-bond acceptors (Lipinski definition) is 2. The summed E-state index contributed by atoms with van der Waals surface area (Å²) in [5.74, 6) is 0.126. The van der Waals surface area contributed by atoms with Crippen molar-refractivity contribution in [3.63, 3.8) is 0 Å². The van der Waals surface area contributed by atoms with E-state index in [-0.39, 0.29) is 5.75 Å². The number of benzene rings is 1. The number of aromatic nitrogens is 1. The quantitative estimate of drug-likeness (QED) is 0.863. The molecule has 0 saturated heterocycles. The number of rotatable bonds is 3. The second-order valence-corrected chi connectivity index (χ2v) is 4.15. The van der Waals surface area contributed by atoms with Crippen molar-refractivity contribution in [2.75, 3.05) is 6.54 Å². The molecule has 1 aromatic carbocycles. The van der Waals surface area contributed by atoms with Gasteiger partial charge in [-0.2, -0.15) is 0 Å². The number of fused-ring (bicyclic) bond motifs is 1. The van der Waals surface area contributed by atoms with Crippen LogP contribution >= 0.6 is 11.6 Å². The molecule has 4 heteroatoms. The highest BCUT2D eigenvalue weighted by Gasteiger charge is 2.13. The van der Waals surface area contributed by atoms with Crippen LogP contribution in [0.2, 0.25) is 5.02 Å². The first-order valence-electron chi connectivity index (χ1n) is 5.38. The van der Waals surface area contributed by atoms with E-state index in [1.165, 1.54) is 0 Å². The van der Waals surface area contributed by atoms with Crippen molar-refractivity contribution in [1.29, 1.82) is 0 Å². The lowest BCUT2D eigenvalue weighted by molar-refractivity contribution is 0.476. The smallest absolute Gasteiger partial charge is 0.134 e. The Morgan fingerprint density at radius 3 is 2.81 bits per heavy atom. The number of nitrogens with zero attached hydrogens (tertiary/aromatic N) is 1. The van der Waals surface area contributed by atoms with Gasteiger partial charge in [0.25, 0.3) is 0 Å². The standard InChI is InChI=1S/C12H15ClN2O/c1-2-15-7-8(5-6-14)11-9(15)3-4-10(16)12(11)13/h3-4,7,16H,2,5-6,14H2,1H3. The van der Waals surface area contributed by atoms with Crippen LogP contribution < -0.4 is 5.73 Å². The fourth-order valence-electron chi connectivity index (χ4n) is 2.03. The summed E-state index contributed by atoms with van der Waals surface area (Å²) in [5, 5.41) is 11.0. The van der Waals surface area contributed by atoms with Gasteiger partial charge in [0.05, 0.1) is 10.5 Å². The fraction of sp³-hybridized carbons (Fsp3) is 0.333. The molecule has 1 heterocycles. The van der Waals surface area contributed by atoms with Crippen molar-refractivity contribution >= 4 is 22.5 Å². The third-order valence-corrected chi connectivity index (χ3v) is 3.18. The highest BCUT2D eigenvalue weighted by Crippen LogP contribution is 2.35. The largest absolute Gasteiger partial charge is 0.506 e. The summed E-state index contributed by atoms with van der Waals surface area (Å²) in [7, 11) is 0. The van der Waals surface area contributed by atoms with Crippen LogP contribution in [0.15, 0.2) is 18.3 Å². The molecule has 0 unspecified atom stereocenters. The molecular weight excluding hydrogens is 224 g/mol. The fourth-order valence-corrected chi connectivity index (χ4v) is 2.31. The van der Waals surface area contributed by atoms with Crippen molar-refractivity contribution < 1.29 is 5.11 Å². The van der Waals surface area contributed by atoms with Gasteiger partial charge in [0.1, 0.15) is 5.75 Å². The Hall–Kier alpha value is -1.19. The Balaban J connectivity index is 2.75. The van der Waals surface area contributed by atoms with Gasteiger partial charge in [-0.15, -0.1) is 0 Å². The van der Waals surface area contributed by atoms with Crippen LogP contribution in [0.25, 0.3) is 10.9 Å². The van der Waals surface area contributed by atoms with Gasteiger partial charge in [0, 0.05) is 18.1 Å². The maximum atomic E-state index is 9.62. The van der Waals surface area contributed by atoms with Crippen molar-refractivity contribution in [2.24, 2.45) is 5.73 Å². The lowest BCUT2D eigenvalue weighted by Crippen LogP contribution is -2.02. The van der Waals surface area contributed by atoms with Crippen LogP contribution in [0.1, 0.15) is 12.5 Å². The Bertz CT molecular complexity index is 519. The van der Waals surface area contributed by atoms with Crippen molar-refractivity contribution in [1.82, 2.24) is 4.57 Å². The summed E-state index contributed by atoms with van der Waals surface area (Å²) >= 11 is 6.13. The highest BCUT2D eigenvalue weighted by atomic mass is 35.5. The summed E-state index contributed by atoms with van der Waals surface area (Å²) in [6, 6.07) is 3.52. The van der Waals surface area contributed by atoms with E-state index in [1.54, 1.807) is 6.07 Å². The Kier molecular flexibility index (Phi) is 3.08. The molecule has 3 nitrogen and oxygen atoms in total. The van der Waals surface area contributed by atoms with Crippen LogP contribution in [0, 0.1) is 0 Å². The van der Waals surface area contributed by atoms with E-state index in [9.17, 15) is 5.11 Å². The number of phenolic OH excluding ortho intramolecular Hbond substituents is 1. The number of phenols is 1. The van der Waals surface area contributed by atoms with Gasteiger partial charge in [-0.05, 0) is 37.6 Å². The molecular formula is C12H15ClN2O. The molecule has 0 aliphatic carbocycles. The molecule has 3 N–H and O–H groups in total. The van der Waals surface area contributed by atoms with Gasteiger partial charge >= 0.3 is 0 Å². The lowest BCUT2D eigenvalue weighted by atomic mass is 10.1. The first-order valence-corrected chi connectivity index (χ1v) is 5.76. The maximum absolute atomic E-state index is 9.62. The van der Waals surface area contributed by atoms with Crippen LogP contribution in [0.3, 0.4) is 0 Å². The zero-order valence-corrected chi connectivity index (χ0v) is 9.96. The van der Waals surface area contributed by atoms with Crippen molar-refractivity contribution in [3.8, 4) is 5.75 Å². The maximum Gasteiger partial charge on any atom is 0.134 e. The minimum Gasteiger partial charge on any atom is -0.506 e. The van der Waals surface area contributed by atoms with E-state index in [0.29, 0.717) is 11.6 Å². The number of nitrogens with two attached hydrogens (primary N) is 1. The third-order valence-electron chi connectivity index (χ3n) is 2.80. The summed E-state index contributed by atoms with van der Waals surface area (Å²) in [6.07, 6.45) is 2.83. The normalized spacial score (nSPS) is 11.2. The molecule has 0 aliphatic heterocycles. The SMILES string of the molecule is CCn1cc(CCN)c2c(Cl)c(O)ccc21. The van der Waals surface area contributed by atoms with Crippen molar-refractivity contribution in [3.05, 3.63) is 28.9 Å². The van der Waals surface area contributed by atoms with E-state index in [2.05, 4.69) is 17.7 Å². The summed E-state index contributed by atoms with van der Waals surface area (Å²) in [5.41, 5.74) is 7.72. The zero-order valence-electron chi connectivity index (χ0n) is 9.20. The summed E-state index contributed by atoms with van der Waals surface area (Å²) < 4.78 is 2.12. The number of hydrogen-bond donors (Lipinski definition) is 2. The zero-order chi connectivity index (χ0) is 11.7. The van der Waals surface area contributed by atoms with Crippen LogP contribution in [0.4, 0.5) is 0 Å². The third kappa shape index (κ3) is 1.66. The molecule has 0 amide bonds. The van der Waals surface area contributed by atoms with E-state index >= 15 is 0 Å². The van der Waals surface area contributed by atoms with Crippen LogP contribution in [-0.2, 0) is 13.0 Å². The lowest BCUT2D eigenvalue weighted by Gasteiger charge is -2.03. The monoisotopic (exact) mass is 238 g/mol. The van der Waals surface area contributed by atoms with E-state index in [4.69, 9.17) is 17.3 Å². The molecule has 0 radical (unpaired) electrons. The molecule has 2 rings (SSSR count). The molecule has 2 aromatic rings. The minimum absolute atomic E-state index is 0.126. The molecule has 0 aliphatic rings. The average molecular weight is 239 g/mol. The molecule has 0 fully saturated rings. The average Bonchev–Trinajstić information content (AvgIpc) is 2.63.